The molecule has 0 atom stereocenters. The summed E-state index contributed by atoms with van der Waals surface area (Å²) in [6.45, 7) is 0.386. The lowest BCUT2D eigenvalue weighted by atomic mass is 10.2. The van der Waals surface area contributed by atoms with Crippen LogP contribution in [0.5, 0.6) is 11.5 Å². The van der Waals surface area contributed by atoms with E-state index in [1.54, 1.807) is 38.5 Å². The van der Waals surface area contributed by atoms with Gasteiger partial charge in [0.05, 0.1) is 26.5 Å². The smallest absolute Gasteiger partial charge is 0.251 e. The van der Waals surface area contributed by atoms with Crippen molar-refractivity contribution in [2.75, 3.05) is 14.2 Å². The number of carbonyl (C=O) groups is 1. The second kappa shape index (κ2) is 7.81. The van der Waals surface area contributed by atoms with Crippen LogP contribution in [-0.4, -0.2) is 25.1 Å². The van der Waals surface area contributed by atoms with Gasteiger partial charge in [0.25, 0.3) is 5.91 Å². The maximum absolute atomic E-state index is 12.2. The van der Waals surface area contributed by atoms with Crippen LogP contribution in [0.4, 0.5) is 0 Å². The summed E-state index contributed by atoms with van der Waals surface area (Å²) in [5.74, 6) is 1.31. The molecule has 6 heteroatoms. The van der Waals surface area contributed by atoms with Gasteiger partial charge in [0.1, 0.15) is 16.5 Å². The van der Waals surface area contributed by atoms with E-state index < -0.39 is 0 Å². The zero-order chi connectivity index (χ0) is 17.6. The molecule has 1 heterocycles. The first kappa shape index (κ1) is 17.0. The summed E-state index contributed by atoms with van der Waals surface area (Å²) in [4.78, 5) is 16.8. The average molecular weight is 354 g/mol. The van der Waals surface area contributed by atoms with Crippen LogP contribution in [0.25, 0.3) is 11.3 Å². The number of carbonyl (C=O) groups excluding carboxylic acids is 1. The van der Waals surface area contributed by atoms with E-state index in [0.717, 1.165) is 22.0 Å². The van der Waals surface area contributed by atoms with Crippen molar-refractivity contribution in [3.8, 4) is 22.8 Å². The van der Waals surface area contributed by atoms with Gasteiger partial charge in [-0.1, -0.05) is 6.07 Å². The molecule has 128 valence electrons. The summed E-state index contributed by atoms with van der Waals surface area (Å²) < 4.78 is 10.3. The molecule has 0 aliphatic rings. The highest BCUT2D eigenvalue weighted by Gasteiger charge is 2.09. The number of nitrogens with zero attached hydrogens (tertiary/aromatic N) is 1. The molecule has 1 N–H and O–H groups in total. The van der Waals surface area contributed by atoms with Crippen molar-refractivity contribution < 1.29 is 14.3 Å². The highest BCUT2D eigenvalue weighted by Crippen LogP contribution is 2.24. The van der Waals surface area contributed by atoms with E-state index in [1.807, 2.05) is 29.6 Å². The summed E-state index contributed by atoms with van der Waals surface area (Å²) in [5, 5.41) is 5.71. The van der Waals surface area contributed by atoms with E-state index in [4.69, 9.17) is 9.47 Å². The van der Waals surface area contributed by atoms with Crippen molar-refractivity contribution in [3.63, 3.8) is 0 Å². The number of nitrogens with one attached hydrogen (secondary N) is 1. The number of thiazole rings is 1. The van der Waals surface area contributed by atoms with Gasteiger partial charge in [0.15, 0.2) is 0 Å². The molecule has 0 bridgehead atoms. The molecule has 0 fully saturated rings. The van der Waals surface area contributed by atoms with E-state index in [0.29, 0.717) is 17.9 Å². The van der Waals surface area contributed by atoms with Gasteiger partial charge in [-0.2, -0.15) is 0 Å². The molecule has 0 spiro atoms. The van der Waals surface area contributed by atoms with E-state index in [1.165, 1.54) is 11.3 Å². The summed E-state index contributed by atoms with van der Waals surface area (Å²) in [6.07, 6.45) is 0. The van der Waals surface area contributed by atoms with Crippen LogP contribution in [0, 0.1) is 0 Å². The van der Waals surface area contributed by atoms with Gasteiger partial charge in [0.2, 0.25) is 0 Å². The van der Waals surface area contributed by atoms with E-state index in [2.05, 4.69) is 10.3 Å². The first-order chi connectivity index (χ1) is 12.2. The van der Waals surface area contributed by atoms with Gasteiger partial charge < -0.3 is 14.8 Å². The number of rotatable bonds is 6. The summed E-state index contributed by atoms with van der Waals surface area (Å²) in [5.41, 5.74) is 2.46. The summed E-state index contributed by atoms with van der Waals surface area (Å²) in [7, 11) is 3.22. The summed E-state index contributed by atoms with van der Waals surface area (Å²) in [6, 6.07) is 14.8. The summed E-state index contributed by atoms with van der Waals surface area (Å²) >= 11 is 1.52. The minimum Gasteiger partial charge on any atom is -0.497 e. The Bertz CT molecular complexity index is 859. The predicted octanol–water partition coefficient (Wildman–Crippen LogP) is 3.76. The van der Waals surface area contributed by atoms with Gasteiger partial charge in [0, 0.05) is 16.5 Å². The molecule has 0 aliphatic carbocycles. The molecule has 0 aliphatic heterocycles. The number of ether oxygens (including phenoxy) is 2. The van der Waals surface area contributed by atoms with Crippen molar-refractivity contribution in [2.45, 2.75) is 6.54 Å². The highest BCUT2D eigenvalue weighted by molar-refractivity contribution is 7.09. The number of benzene rings is 2. The SMILES string of the molecule is COc1ccc(-c2csc(CNC(=O)c3cccc(OC)c3)n2)cc1. The fourth-order valence-corrected chi connectivity index (χ4v) is 3.05. The number of methoxy groups -OCH3 is 2. The minimum atomic E-state index is -0.153. The van der Waals surface area contributed by atoms with Gasteiger partial charge in [-0.05, 0) is 42.5 Å². The lowest BCUT2D eigenvalue weighted by molar-refractivity contribution is 0.0950. The third kappa shape index (κ3) is 4.16. The number of hydrogen-bond acceptors (Lipinski definition) is 5. The Hall–Kier alpha value is -2.86. The predicted molar refractivity (Wildman–Crippen MR) is 98.3 cm³/mol. The molecule has 1 amide bonds. The molecule has 0 saturated carbocycles. The van der Waals surface area contributed by atoms with Crippen molar-refractivity contribution in [3.05, 3.63) is 64.5 Å². The van der Waals surface area contributed by atoms with Crippen LogP contribution in [0.15, 0.2) is 53.9 Å². The number of amides is 1. The Kier molecular flexibility index (Phi) is 5.30. The van der Waals surface area contributed by atoms with E-state index in [9.17, 15) is 4.79 Å². The Morgan fingerprint density at radius 2 is 1.84 bits per heavy atom. The molecular formula is C19H18N2O3S. The van der Waals surface area contributed by atoms with Crippen LogP contribution >= 0.6 is 11.3 Å². The van der Waals surface area contributed by atoms with Gasteiger partial charge in [-0.25, -0.2) is 4.98 Å². The standard InChI is InChI=1S/C19H18N2O3S/c1-23-15-8-6-13(7-9-15)17-12-25-18(21-17)11-20-19(22)14-4-3-5-16(10-14)24-2/h3-10,12H,11H2,1-2H3,(H,20,22). The molecule has 0 radical (unpaired) electrons. The molecular weight excluding hydrogens is 336 g/mol. The second-order valence-corrected chi connectivity index (χ2v) is 6.21. The lowest BCUT2D eigenvalue weighted by Crippen LogP contribution is -2.22. The Labute approximate surface area is 150 Å². The molecule has 3 rings (SSSR count). The topological polar surface area (TPSA) is 60.5 Å². The van der Waals surface area contributed by atoms with Crippen molar-refractivity contribution in [1.29, 1.82) is 0 Å². The molecule has 25 heavy (non-hydrogen) atoms. The second-order valence-electron chi connectivity index (χ2n) is 5.27. The fraction of sp³-hybridized carbons (Fsp3) is 0.158. The zero-order valence-electron chi connectivity index (χ0n) is 14.0. The minimum absolute atomic E-state index is 0.153. The van der Waals surface area contributed by atoms with Crippen LogP contribution in [-0.2, 0) is 6.54 Å². The van der Waals surface area contributed by atoms with E-state index >= 15 is 0 Å². The van der Waals surface area contributed by atoms with Crippen molar-refractivity contribution in [2.24, 2.45) is 0 Å². The third-order valence-corrected chi connectivity index (χ3v) is 4.52. The van der Waals surface area contributed by atoms with Crippen LogP contribution in [0.3, 0.4) is 0 Å². The Morgan fingerprint density at radius 3 is 2.56 bits per heavy atom. The largest absolute Gasteiger partial charge is 0.497 e. The number of hydrogen-bond donors (Lipinski definition) is 1. The molecule has 0 saturated heterocycles. The van der Waals surface area contributed by atoms with Crippen molar-refractivity contribution >= 4 is 17.2 Å². The molecule has 0 unspecified atom stereocenters. The fourth-order valence-electron chi connectivity index (χ4n) is 2.31. The van der Waals surface area contributed by atoms with Crippen LogP contribution in [0.1, 0.15) is 15.4 Å². The molecule has 1 aromatic heterocycles. The Morgan fingerprint density at radius 1 is 1.08 bits per heavy atom. The molecule has 3 aromatic rings. The third-order valence-electron chi connectivity index (χ3n) is 3.67. The average Bonchev–Trinajstić information content (AvgIpc) is 3.15. The normalized spacial score (nSPS) is 10.3. The van der Waals surface area contributed by atoms with Crippen LogP contribution < -0.4 is 14.8 Å². The molecule has 2 aromatic carbocycles. The maximum Gasteiger partial charge on any atom is 0.251 e. The van der Waals surface area contributed by atoms with Crippen molar-refractivity contribution in [1.82, 2.24) is 10.3 Å². The zero-order valence-corrected chi connectivity index (χ0v) is 14.8. The number of aromatic nitrogens is 1. The quantitative estimate of drug-likeness (QED) is 0.732. The van der Waals surface area contributed by atoms with Gasteiger partial charge in [-0.15, -0.1) is 11.3 Å². The first-order valence-corrected chi connectivity index (χ1v) is 8.58. The Balaban J connectivity index is 1.63. The van der Waals surface area contributed by atoms with Crippen LogP contribution in [0.2, 0.25) is 0 Å². The molecule has 5 nitrogen and oxygen atoms in total. The van der Waals surface area contributed by atoms with Gasteiger partial charge >= 0.3 is 0 Å². The lowest BCUT2D eigenvalue weighted by Gasteiger charge is -2.05. The highest BCUT2D eigenvalue weighted by atomic mass is 32.1. The van der Waals surface area contributed by atoms with E-state index in [-0.39, 0.29) is 5.91 Å². The monoisotopic (exact) mass is 354 g/mol. The maximum atomic E-state index is 12.2. The van der Waals surface area contributed by atoms with Gasteiger partial charge in [-0.3, -0.25) is 4.79 Å². The first-order valence-electron chi connectivity index (χ1n) is 7.70.